The van der Waals surface area contributed by atoms with Gasteiger partial charge in [-0.05, 0) is 30.3 Å². The Morgan fingerprint density at radius 3 is 2.48 bits per heavy atom. The zero-order chi connectivity index (χ0) is 15.3. The number of benzene rings is 2. The van der Waals surface area contributed by atoms with Crippen LogP contribution in [0.25, 0.3) is 0 Å². The lowest BCUT2D eigenvalue weighted by Crippen LogP contribution is -2.16. The third-order valence-corrected chi connectivity index (χ3v) is 4.11. The van der Waals surface area contributed by atoms with E-state index in [2.05, 4.69) is 10.0 Å². The summed E-state index contributed by atoms with van der Waals surface area (Å²) in [5.41, 5.74) is 1.62. The Bertz CT molecular complexity index is 717. The van der Waals surface area contributed by atoms with Crippen LogP contribution in [0.2, 0.25) is 0 Å². The van der Waals surface area contributed by atoms with Gasteiger partial charge in [-0.3, -0.25) is 4.72 Å². The number of anilines is 1. The molecule has 0 saturated heterocycles. The van der Waals surface area contributed by atoms with Crippen molar-refractivity contribution >= 4 is 15.7 Å². The van der Waals surface area contributed by atoms with E-state index in [9.17, 15) is 12.8 Å². The summed E-state index contributed by atoms with van der Waals surface area (Å²) in [5, 5.41) is 3.01. The van der Waals surface area contributed by atoms with Crippen molar-refractivity contribution in [3.8, 4) is 0 Å². The van der Waals surface area contributed by atoms with Crippen molar-refractivity contribution in [3.05, 3.63) is 65.5 Å². The molecule has 0 saturated carbocycles. The molecule has 4 nitrogen and oxygen atoms in total. The van der Waals surface area contributed by atoms with E-state index in [0.29, 0.717) is 12.1 Å². The fourth-order valence-corrected chi connectivity index (χ4v) is 3.19. The molecule has 0 unspecified atom stereocenters. The molecule has 0 spiro atoms. The molecule has 2 aromatic carbocycles. The van der Waals surface area contributed by atoms with Crippen molar-refractivity contribution in [2.45, 2.75) is 12.3 Å². The van der Waals surface area contributed by atoms with Crippen LogP contribution in [-0.4, -0.2) is 15.5 Å². The Kier molecular flexibility index (Phi) is 4.93. The molecule has 2 N–H and O–H groups in total. The van der Waals surface area contributed by atoms with E-state index >= 15 is 0 Å². The van der Waals surface area contributed by atoms with Crippen molar-refractivity contribution in [2.75, 3.05) is 11.8 Å². The van der Waals surface area contributed by atoms with Gasteiger partial charge in [0.25, 0.3) is 0 Å². The summed E-state index contributed by atoms with van der Waals surface area (Å²) in [6.45, 7) is 0.661. The average molecular weight is 308 g/mol. The lowest BCUT2D eigenvalue weighted by molar-refractivity contribution is 0.598. The number of sulfonamides is 1. The summed E-state index contributed by atoms with van der Waals surface area (Å²) in [7, 11) is -1.83. The minimum Gasteiger partial charge on any atom is -0.316 e. The van der Waals surface area contributed by atoms with Gasteiger partial charge < -0.3 is 5.32 Å². The quantitative estimate of drug-likeness (QED) is 0.862. The molecule has 0 bridgehead atoms. The maximum atomic E-state index is 13.5. The molecule has 6 heteroatoms. The topological polar surface area (TPSA) is 58.2 Å². The maximum Gasteiger partial charge on any atom is 0.237 e. The van der Waals surface area contributed by atoms with Gasteiger partial charge in [-0.2, -0.15) is 0 Å². The van der Waals surface area contributed by atoms with Gasteiger partial charge in [0.2, 0.25) is 10.0 Å². The highest BCUT2D eigenvalue weighted by molar-refractivity contribution is 7.91. The van der Waals surface area contributed by atoms with Crippen molar-refractivity contribution in [1.29, 1.82) is 0 Å². The molecule has 2 rings (SSSR count). The monoisotopic (exact) mass is 308 g/mol. The second-order valence-electron chi connectivity index (χ2n) is 4.69. The number of para-hydroxylation sites is 1. The van der Waals surface area contributed by atoms with Gasteiger partial charge in [-0.1, -0.05) is 36.4 Å². The maximum absolute atomic E-state index is 13.5. The van der Waals surface area contributed by atoms with Crippen LogP contribution in [0, 0.1) is 5.82 Å². The van der Waals surface area contributed by atoms with Crippen LogP contribution in [0.1, 0.15) is 11.1 Å². The molecule has 0 aliphatic rings. The van der Waals surface area contributed by atoms with Gasteiger partial charge >= 0.3 is 0 Å². The Morgan fingerprint density at radius 2 is 1.76 bits per heavy atom. The number of hydrogen-bond acceptors (Lipinski definition) is 3. The molecule has 21 heavy (non-hydrogen) atoms. The second-order valence-corrected chi connectivity index (χ2v) is 6.41. The molecule has 0 aliphatic carbocycles. The summed E-state index contributed by atoms with van der Waals surface area (Å²) in [6, 6.07) is 13.0. The molecule has 0 atom stereocenters. The molecule has 0 aromatic heterocycles. The Balaban J connectivity index is 2.14. The normalized spacial score (nSPS) is 11.3. The molecule has 2 aromatic rings. The standard InChI is InChI=1S/C15H17FN2O2S/c1-17-10-12-5-4-6-13(9-12)11-21(19,20)18-15-8-3-2-7-14(15)16/h2-9,17-18H,10-11H2,1H3. The van der Waals surface area contributed by atoms with Crippen molar-refractivity contribution in [3.63, 3.8) is 0 Å². The number of halogens is 1. The van der Waals surface area contributed by atoms with Crippen LogP contribution in [0.5, 0.6) is 0 Å². The third kappa shape index (κ3) is 4.54. The lowest BCUT2D eigenvalue weighted by Gasteiger charge is -2.09. The summed E-state index contributed by atoms with van der Waals surface area (Å²) >= 11 is 0. The Morgan fingerprint density at radius 1 is 1.05 bits per heavy atom. The van der Waals surface area contributed by atoms with E-state index in [0.717, 1.165) is 5.56 Å². The first-order chi connectivity index (χ1) is 10.00. The van der Waals surface area contributed by atoms with Crippen LogP contribution in [0.15, 0.2) is 48.5 Å². The highest BCUT2D eigenvalue weighted by Crippen LogP contribution is 2.17. The smallest absolute Gasteiger partial charge is 0.237 e. The fourth-order valence-electron chi connectivity index (χ4n) is 2.00. The zero-order valence-electron chi connectivity index (χ0n) is 11.6. The zero-order valence-corrected chi connectivity index (χ0v) is 12.5. The SMILES string of the molecule is CNCc1cccc(CS(=O)(=O)Nc2ccccc2F)c1. The van der Waals surface area contributed by atoms with Crippen LogP contribution >= 0.6 is 0 Å². The number of rotatable bonds is 6. The predicted octanol–water partition coefficient (Wildman–Crippen LogP) is 2.49. The third-order valence-electron chi connectivity index (χ3n) is 2.87. The summed E-state index contributed by atoms with van der Waals surface area (Å²) in [6.07, 6.45) is 0. The van der Waals surface area contributed by atoms with Crippen LogP contribution < -0.4 is 10.0 Å². The van der Waals surface area contributed by atoms with Gasteiger partial charge in [0.05, 0.1) is 11.4 Å². The van der Waals surface area contributed by atoms with E-state index in [1.54, 1.807) is 18.2 Å². The highest BCUT2D eigenvalue weighted by atomic mass is 32.2. The summed E-state index contributed by atoms with van der Waals surface area (Å²) in [5.74, 6) is -0.788. The van der Waals surface area contributed by atoms with Crippen molar-refractivity contribution in [1.82, 2.24) is 5.32 Å². The molecule has 0 heterocycles. The van der Waals surface area contributed by atoms with E-state index in [1.165, 1.54) is 18.2 Å². The first-order valence-corrected chi connectivity index (χ1v) is 8.13. The van der Waals surface area contributed by atoms with Gasteiger partial charge in [0.15, 0.2) is 0 Å². The molecule has 0 aliphatic heterocycles. The molecular formula is C15H17FN2O2S. The predicted molar refractivity (Wildman–Crippen MR) is 81.9 cm³/mol. The average Bonchev–Trinajstić information content (AvgIpc) is 2.41. The molecule has 0 radical (unpaired) electrons. The lowest BCUT2D eigenvalue weighted by atomic mass is 10.1. The van der Waals surface area contributed by atoms with Crippen molar-refractivity contribution < 1.29 is 12.8 Å². The number of hydrogen-bond donors (Lipinski definition) is 2. The first-order valence-electron chi connectivity index (χ1n) is 6.47. The number of nitrogens with one attached hydrogen (secondary N) is 2. The molecule has 0 fully saturated rings. The van der Waals surface area contributed by atoms with Gasteiger partial charge in [-0.25, -0.2) is 12.8 Å². The van der Waals surface area contributed by atoms with Crippen molar-refractivity contribution in [2.24, 2.45) is 0 Å². The van der Waals surface area contributed by atoms with E-state index in [-0.39, 0.29) is 11.4 Å². The van der Waals surface area contributed by atoms with Gasteiger partial charge in [0, 0.05) is 6.54 Å². The Hall–Kier alpha value is -1.92. The molecular weight excluding hydrogens is 291 g/mol. The van der Waals surface area contributed by atoms with E-state index in [1.807, 2.05) is 19.2 Å². The summed E-state index contributed by atoms with van der Waals surface area (Å²) < 4.78 is 40.0. The van der Waals surface area contributed by atoms with E-state index in [4.69, 9.17) is 0 Å². The second kappa shape index (κ2) is 6.69. The molecule has 112 valence electrons. The van der Waals surface area contributed by atoms with E-state index < -0.39 is 15.8 Å². The molecule has 0 amide bonds. The summed E-state index contributed by atoms with van der Waals surface area (Å²) in [4.78, 5) is 0. The van der Waals surface area contributed by atoms with Crippen LogP contribution in [0.3, 0.4) is 0 Å². The minimum atomic E-state index is -3.65. The van der Waals surface area contributed by atoms with Gasteiger partial charge in [0.1, 0.15) is 5.82 Å². The Labute approximate surface area is 124 Å². The van der Waals surface area contributed by atoms with Gasteiger partial charge in [-0.15, -0.1) is 0 Å². The first kappa shape index (κ1) is 15.5. The highest BCUT2D eigenvalue weighted by Gasteiger charge is 2.14. The van der Waals surface area contributed by atoms with Crippen LogP contribution in [-0.2, 0) is 22.3 Å². The van der Waals surface area contributed by atoms with Crippen LogP contribution in [0.4, 0.5) is 10.1 Å². The fraction of sp³-hybridized carbons (Fsp3) is 0.200. The largest absolute Gasteiger partial charge is 0.316 e. The minimum absolute atomic E-state index is 0.0381.